The summed E-state index contributed by atoms with van der Waals surface area (Å²) in [6, 6.07) is 5.34. The molecule has 124 valence electrons. The third-order valence-electron chi connectivity index (χ3n) is 2.99. The van der Waals surface area contributed by atoms with Crippen molar-refractivity contribution < 1.29 is 26.0 Å². The minimum absolute atomic E-state index is 0.0847. The first kappa shape index (κ1) is 17.6. The number of anilines is 1. The molecule has 0 aliphatic heterocycles. The zero-order valence-corrected chi connectivity index (χ0v) is 13.2. The first-order valence-corrected chi connectivity index (χ1v) is 8.02. The van der Waals surface area contributed by atoms with Crippen LogP contribution in [0.25, 0.3) is 0 Å². The summed E-state index contributed by atoms with van der Waals surface area (Å²) in [5.74, 6) is -0.691. The van der Waals surface area contributed by atoms with Crippen LogP contribution in [0.15, 0.2) is 41.3 Å². The van der Waals surface area contributed by atoms with Gasteiger partial charge in [-0.25, -0.2) is 12.8 Å². The zero-order chi connectivity index (χ0) is 17.4. The highest BCUT2D eigenvalue weighted by Crippen LogP contribution is 2.34. The highest BCUT2D eigenvalue weighted by molar-refractivity contribution is 7.92. The predicted octanol–water partition coefficient (Wildman–Crippen LogP) is 4.61. The Morgan fingerprint density at radius 2 is 1.74 bits per heavy atom. The first-order chi connectivity index (χ1) is 10.5. The second-order valence-electron chi connectivity index (χ2n) is 4.71. The van der Waals surface area contributed by atoms with Crippen molar-refractivity contribution in [1.82, 2.24) is 0 Å². The quantitative estimate of drug-likeness (QED) is 0.805. The van der Waals surface area contributed by atoms with Crippen LogP contribution in [0.1, 0.15) is 11.1 Å². The van der Waals surface area contributed by atoms with Gasteiger partial charge in [0.1, 0.15) is 10.7 Å². The third-order valence-corrected chi connectivity index (χ3v) is 4.84. The predicted molar refractivity (Wildman–Crippen MR) is 78.4 cm³/mol. The van der Waals surface area contributed by atoms with E-state index in [0.717, 1.165) is 18.2 Å². The number of hydrogen-bond donors (Lipinski definition) is 1. The van der Waals surface area contributed by atoms with E-state index in [1.165, 1.54) is 13.0 Å². The number of benzene rings is 2. The van der Waals surface area contributed by atoms with Crippen molar-refractivity contribution in [3.8, 4) is 0 Å². The van der Waals surface area contributed by atoms with Gasteiger partial charge in [-0.15, -0.1) is 0 Å². The number of hydrogen-bond acceptors (Lipinski definition) is 2. The molecule has 1 N–H and O–H groups in total. The maximum Gasteiger partial charge on any atom is 0.416 e. The highest BCUT2D eigenvalue weighted by atomic mass is 35.5. The van der Waals surface area contributed by atoms with Gasteiger partial charge in [-0.1, -0.05) is 17.7 Å². The molecule has 0 saturated heterocycles. The molecule has 3 nitrogen and oxygen atoms in total. The van der Waals surface area contributed by atoms with Crippen LogP contribution in [0.3, 0.4) is 0 Å². The Morgan fingerprint density at radius 3 is 2.35 bits per heavy atom. The summed E-state index contributed by atoms with van der Waals surface area (Å²) in [6.07, 6.45) is -4.72. The lowest BCUT2D eigenvalue weighted by molar-refractivity contribution is -0.137. The molecule has 0 spiro atoms. The van der Waals surface area contributed by atoms with Gasteiger partial charge >= 0.3 is 6.18 Å². The minimum Gasteiger partial charge on any atom is -0.279 e. The average Bonchev–Trinajstić information content (AvgIpc) is 2.41. The molecule has 0 unspecified atom stereocenters. The normalized spacial score (nSPS) is 12.3. The first-order valence-electron chi connectivity index (χ1n) is 6.16. The van der Waals surface area contributed by atoms with Gasteiger partial charge in [0.25, 0.3) is 10.0 Å². The van der Waals surface area contributed by atoms with Gasteiger partial charge in [-0.05, 0) is 42.8 Å². The molecule has 0 aromatic heterocycles. The summed E-state index contributed by atoms with van der Waals surface area (Å²) in [5.41, 5.74) is -0.838. The van der Waals surface area contributed by atoms with Gasteiger partial charge in [-0.2, -0.15) is 13.2 Å². The smallest absolute Gasteiger partial charge is 0.279 e. The number of alkyl halides is 3. The Hall–Kier alpha value is -1.80. The maximum atomic E-state index is 13.2. The number of rotatable bonds is 3. The number of halogens is 5. The highest BCUT2D eigenvalue weighted by Gasteiger charge is 2.32. The van der Waals surface area contributed by atoms with Crippen molar-refractivity contribution >= 4 is 27.3 Å². The van der Waals surface area contributed by atoms with Crippen molar-refractivity contribution in [2.24, 2.45) is 0 Å². The van der Waals surface area contributed by atoms with Crippen molar-refractivity contribution in [3.63, 3.8) is 0 Å². The van der Waals surface area contributed by atoms with Crippen LogP contribution in [0.4, 0.5) is 23.2 Å². The molecule has 0 amide bonds. The van der Waals surface area contributed by atoms with Gasteiger partial charge in [0.15, 0.2) is 0 Å². The molecule has 0 saturated carbocycles. The fraction of sp³-hybridized carbons (Fsp3) is 0.143. The van der Waals surface area contributed by atoms with Gasteiger partial charge in [0.05, 0.1) is 16.3 Å². The maximum absolute atomic E-state index is 13.2. The molecule has 0 bridgehead atoms. The molecule has 23 heavy (non-hydrogen) atoms. The van der Waals surface area contributed by atoms with E-state index in [-0.39, 0.29) is 10.7 Å². The standard InChI is InChI=1S/C14H10ClF4NO2S/c1-8-2-4-10(16)7-12(8)20-23(21,22)13-6-9(14(17,18)19)3-5-11(13)15/h2-7,20H,1H3. The van der Waals surface area contributed by atoms with Crippen LogP contribution in [0.2, 0.25) is 5.02 Å². The Bertz CT molecular complexity index is 850. The van der Waals surface area contributed by atoms with Crippen LogP contribution in [-0.2, 0) is 16.2 Å². The summed E-state index contributed by atoms with van der Waals surface area (Å²) < 4.78 is 78.0. The largest absolute Gasteiger partial charge is 0.416 e. The minimum atomic E-state index is -4.72. The molecule has 0 aliphatic rings. The second kappa shape index (κ2) is 6.01. The zero-order valence-electron chi connectivity index (χ0n) is 11.6. The summed E-state index contributed by atoms with van der Waals surface area (Å²) >= 11 is 5.71. The molecule has 0 heterocycles. The van der Waals surface area contributed by atoms with Crippen LogP contribution in [-0.4, -0.2) is 8.42 Å². The van der Waals surface area contributed by atoms with E-state index in [9.17, 15) is 26.0 Å². The summed E-state index contributed by atoms with van der Waals surface area (Å²) in [7, 11) is -4.41. The molecule has 2 rings (SSSR count). The Labute approximate surface area is 134 Å². The van der Waals surface area contributed by atoms with Gasteiger partial charge < -0.3 is 0 Å². The van der Waals surface area contributed by atoms with E-state index < -0.39 is 32.5 Å². The van der Waals surface area contributed by atoms with Gasteiger partial charge in [-0.3, -0.25) is 4.72 Å². The molecular weight excluding hydrogens is 358 g/mol. The van der Waals surface area contributed by atoms with E-state index in [1.807, 2.05) is 4.72 Å². The van der Waals surface area contributed by atoms with Gasteiger partial charge in [0.2, 0.25) is 0 Å². The Morgan fingerprint density at radius 1 is 1.09 bits per heavy atom. The fourth-order valence-electron chi connectivity index (χ4n) is 1.79. The molecular formula is C14H10ClF4NO2S. The van der Waals surface area contributed by atoms with Crippen molar-refractivity contribution in [2.45, 2.75) is 18.0 Å². The van der Waals surface area contributed by atoms with E-state index in [0.29, 0.717) is 17.7 Å². The van der Waals surface area contributed by atoms with Crippen LogP contribution >= 0.6 is 11.6 Å². The lowest BCUT2D eigenvalue weighted by atomic mass is 10.2. The van der Waals surface area contributed by atoms with Crippen LogP contribution in [0, 0.1) is 12.7 Å². The van der Waals surface area contributed by atoms with Crippen molar-refractivity contribution in [1.29, 1.82) is 0 Å². The molecule has 0 radical (unpaired) electrons. The number of nitrogens with one attached hydrogen (secondary N) is 1. The van der Waals surface area contributed by atoms with Crippen molar-refractivity contribution in [3.05, 3.63) is 58.4 Å². The fourth-order valence-corrected chi connectivity index (χ4v) is 3.44. The summed E-state index contributed by atoms with van der Waals surface area (Å²) in [5, 5.41) is -0.375. The third kappa shape index (κ3) is 3.94. The van der Waals surface area contributed by atoms with Crippen LogP contribution in [0.5, 0.6) is 0 Å². The average molecular weight is 368 g/mol. The number of sulfonamides is 1. The van der Waals surface area contributed by atoms with Crippen molar-refractivity contribution in [2.75, 3.05) is 4.72 Å². The topological polar surface area (TPSA) is 46.2 Å². The monoisotopic (exact) mass is 367 g/mol. The summed E-state index contributed by atoms with van der Waals surface area (Å²) in [4.78, 5) is -0.738. The lowest BCUT2D eigenvalue weighted by Gasteiger charge is -2.14. The van der Waals surface area contributed by atoms with E-state index >= 15 is 0 Å². The molecule has 0 atom stereocenters. The molecule has 0 fully saturated rings. The van der Waals surface area contributed by atoms with E-state index in [4.69, 9.17) is 11.6 Å². The molecule has 0 aliphatic carbocycles. The SMILES string of the molecule is Cc1ccc(F)cc1NS(=O)(=O)c1cc(C(F)(F)F)ccc1Cl. The lowest BCUT2D eigenvalue weighted by Crippen LogP contribution is -2.16. The summed E-state index contributed by atoms with van der Waals surface area (Å²) in [6.45, 7) is 1.52. The van der Waals surface area contributed by atoms with E-state index in [1.54, 1.807) is 0 Å². The number of aryl methyl sites for hydroxylation is 1. The Kier molecular flexibility index (Phi) is 4.59. The van der Waals surface area contributed by atoms with Gasteiger partial charge in [0, 0.05) is 0 Å². The molecule has 9 heteroatoms. The second-order valence-corrected chi connectivity index (χ2v) is 6.77. The molecule has 2 aromatic rings. The molecule has 2 aromatic carbocycles. The van der Waals surface area contributed by atoms with E-state index in [2.05, 4.69) is 0 Å². The Balaban J connectivity index is 2.50. The van der Waals surface area contributed by atoms with Crippen LogP contribution < -0.4 is 4.72 Å².